The van der Waals surface area contributed by atoms with Crippen LogP contribution < -0.4 is 16.2 Å². The van der Waals surface area contributed by atoms with Gasteiger partial charge < -0.3 is 16.2 Å². The zero-order valence-electron chi connectivity index (χ0n) is 8.36. The van der Waals surface area contributed by atoms with Crippen LogP contribution in [0.4, 0.5) is 0 Å². The van der Waals surface area contributed by atoms with E-state index >= 15 is 0 Å². The fraction of sp³-hybridized carbons (Fsp3) is 0.455. The standard InChI is InChI=1S/C11H18N2O/c12-8-4-5-10(13)9-14-11-6-2-1-3-7-11/h1-3,6-7,10H,4-5,8-9,12-13H2. The molecular weight excluding hydrogens is 176 g/mol. The second-order valence-corrected chi connectivity index (χ2v) is 3.32. The van der Waals surface area contributed by atoms with Gasteiger partial charge in [-0.25, -0.2) is 0 Å². The second kappa shape index (κ2) is 6.40. The van der Waals surface area contributed by atoms with Crippen molar-refractivity contribution >= 4 is 0 Å². The van der Waals surface area contributed by atoms with Crippen LogP contribution in [0.5, 0.6) is 5.75 Å². The van der Waals surface area contributed by atoms with Crippen molar-refractivity contribution in [1.82, 2.24) is 0 Å². The zero-order chi connectivity index (χ0) is 10.2. The minimum atomic E-state index is 0.0822. The molecule has 78 valence electrons. The van der Waals surface area contributed by atoms with Crippen LogP contribution >= 0.6 is 0 Å². The minimum Gasteiger partial charge on any atom is -0.492 e. The smallest absolute Gasteiger partial charge is 0.119 e. The maximum atomic E-state index is 5.83. The lowest BCUT2D eigenvalue weighted by Gasteiger charge is -2.12. The molecule has 0 heterocycles. The summed E-state index contributed by atoms with van der Waals surface area (Å²) in [5.74, 6) is 0.871. The lowest BCUT2D eigenvalue weighted by atomic mass is 10.2. The molecule has 1 unspecified atom stereocenters. The Morgan fingerprint density at radius 1 is 1.21 bits per heavy atom. The summed E-state index contributed by atoms with van der Waals surface area (Å²) in [5.41, 5.74) is 11.2. The summed E-state index contributed by atoms with van der Waals surface area (Å²) < 4.78 is 5.50. The van der Waals surface area contributed by atoms with Gasteiger partial charge >= 0.3 is 0 Å². The molecule has 1 aromatic carbocycles. The van der Waals surface area contributed by atoms with Gasteiger partial charge in [-0.3, -0.25) is 0 Å². The molecule has 0 spiro atoms. The van der Waals surface area contributed by atoms with E-state index in [9.17, 15) is 0 Å². The monoisotopic (exact) mass is 194 g/mol. The van der Waals surface area contributed by atoms with E-state index in [1.165, 1.54) is 0 Å². The molecule has 0 aliphatic heterocycles. The third-order valence-electron chi connectivity index (χ3n) is 1.99. The molecule has 4 N–H and O–H groups in total. The molecule has 3 nitrogen and oxygen atoms in total. The lowest BCUT2D eigenvalue weighted by molar-refractivity contribution is 0.281. The Labute approximate surface area is 85.0 Å². The average Bonchev–Trinajstić information content (AvgIpc) is 2.25. The fourth-order valence-electron chi connectivity index (χ4n) is 1.18. The summed E-state index contributed by atoms with van der Waals surface area (Å²) in [7, 11) is 0. The SMILES string of the molecule is NCCCC(N)COc1ccccc1. The van der Waals surface area contributed by atoms with E-state index < -0.39 is 0 Å². The van der Waals surface area contributed by atoms with Gasteiger partial charge in [0.2, 0.25) is 0 Å². The molecular formula is C11H18N2O. The first-order valence-electron chi connectivity index (χ1n) is 4.96. The van der Waals surface area contributed by atoms with Crippen molar-refractivity contribution in [3.8, 4) is 5.75 Å². The fourth-order valence-corrected chi connectivity index (χ4v) is 1.18. The Hall–Kier alpha value is -1.06. The zero-order valence-corrected chi connectivity index (χ0v) is 8.36. The summed E-state index contributed by atoms with van der Waals surface area (Å²) >= 11 is 0. The molecule has 0 aliphatic rings. The Kier molecular flexibility index (Phi) is 5.04. The van der Waals surface area contributed by atoms with E-state index in [2.05, 4.69) is 0 Å². The van der Waals surface area contributed by atoms with E-state index in [1.807, 2.05) is 30.3 Å². The van der Waals surface area contributed by atoms with Gasteiger partial charge in [0.25, 0.3) is 0 Å². The number of para-hydroxylation sites is 1. The Bertz CT molecular complexity index is 238. The summed E-state index contributed by atoms with van der Waals surface area (Å²) in [6.45, 7) is 1.25. The molecule has 0 saturated heterocycles. The molecule has 0 aliphatic carbocycles. The van der Waals surface area contributed by atoms with Gasteiger partial charge in [0, 0.05) is 6.04 Å². The normalized spacial score (nSPS) is 12.4. The first kappa shape index (κ1) is 11.0. The molecule has 14 heavy (non-hydrogen) atoms. The number of benzene rings is 1. The minimum absolute atomic E-state index is 0.0822. The van der Waals surface area contributed by atoms with E-state index in [1.54, 1.807) is 0 Å². The number of hydrogen-bond acceptors (Lipinski definition) is 3. The number of rotatable bonds is 6. The Morgan fingerprint density at radius 3 is 2.57 bits per heavy atom. The van der Waals surface area contributed by atoms with Crippen LogP contribution in [0.15, 0.2) is 30.3 Å². The van der Waals surface area contributed by atoms with Crippen LogP contribution in [0.2, 0.25) is 0 Å². The lowest BCUT2D eigenvalue weighted by Crippen LogP contribution is -2.28. The van der Waals surface area contributed by atoms with Crippen molar-refractivity contribution in [2.45, 2.75) is 18.9 Å². The first-order chi connectivity index (χ1) is 6.83. The third kappa shape index (κ3) is 4.25. The van der Waals surface area contributed by atoms with Crippen LogP contribution in [-0.4, -0.2) is 19.2 Å². The highest BCUT2D eigenvalue weighted by molar-refractivity contribution is 5.20. The molecule has 0 fully saturated rings. The predicted octanol–water partition coefficient (Wildman–Crippen LogP) is 1.13. The Morgan fingerprint density at radius 2 is 1.93 bits per heavy atom. The van der Waals surface area contributed by atoms with Crippen molar-refractivity contribution in [3.63, 3.8) is 0 Å². The van der Waals surface area contributed by atoms with Gasteiger partial charge in [0.05, 0.1) is 0 Å². The highest BCUT2D eigenvalue weighted by Gasteiger charge is 2.02. The number of nitrogens with two attached hydrogens (primary N) is 2. The van der Waals surface area contributed by atoms with Gasteiger partial charge in [-0.05, 0) is 31.5 Å². The second-order valence-electron chi connectivity index (χ2n) is 3.32. The van der Waals surface area contributed by atoms with E-state index in [0.717, 1.165) is 18.6 Å². The maximum absolute atomic E-state index is 5.83. The summed E-state index contributed by atoms with van der Waals surface area (Å²) in [6, 6.07) is 9.78. The van der Waals surface area contributed by atoms with Gasteiger partial charge in [0.15, 0.2) is 0 Å². The van der Waals surface area contributed by atoms with Gasteiger partial charge in [-0.2, -0.15) is 0 Å². The van der Waals surface area contributed by atoms with Crippen molar-refractivity contribution in [3.05, 3.63) is 30.3 Å². The van der Waals surface area contributed by atoms with Crippen molar-refractivity contribution in [2.75, 3.05) is 13.2 Å². The van der Waals surface area contributed by atoms with Crippen LogP contribution in [0, 0.1) is 0 Å². The van der Waals surface area contributed by atoms with Gasteiger partial charge in [-0.15, -0.1) is 0 Å². The van der Waals surface area contributed by atoms with Gasteiger partial charge in [-0.1, -0.05) is 18.2 Å². The highest BCUT2D eigenvalue weighted by Crippen LogP contribution is 2.08. The molecule has 3 heteroatoms. The molecule has 0 amide bonds. The third-order valence-corrected chi connectivity index (χ3v) is 1.99. The molecule has 0 bridgehead atoms. The van der Waals surface area contributed by atoms with Crippen LogP contribution in [0.3, 0.4) is 0 Å². The van der Waals surface area contributed by atoms with E-state index in [-0.39, 0.29) is 6.04 Å². The van der Waals surface area contributed by atoms with Crippen molar-refractivity contribution in [1.29, 1.82) is 0 Å². The molecule has 1 aromatic rings. The van der Waals surface area contributed by atoms with E-state index in [4.69, 9.17) is 16.2 Å². The quantitative estimate of drug-likeness (QED) is 0.713. The maximum Gasteiger partial charge on any atom is 0.119 e. The summed E-state index contributed by atoms with van der Waals surface area (Å²) in [4.78, 5) is 0. The van der Waals surface area contributed by atoms with Crippen LogP contribution in [0.1, 0.15) is 12.8 Å². The molecule has 1 rings (SSSR count). The molecule has 0 aromatic heterocycles. The number of ether oxygens (including phenoxy) is 1. The molecule has 0 saturated carbocycles. The van der Waals surface area contributed by atoms with Crippen molar-refractivity contribution < 1.29 is 4.74 Å². The van der Waals surface area contributed by atoms with Crippen molar-refractivity contribution in [2.24, 2.45) is 11.5 Å². The summed E-state index contributed by atoms with van der Waals surface area (Å²) in [5, 5.41) is 0. The predicted molar refractivity (Wildman–Crippen MR) is 58.2 cm³/mol. The summed E-state index contributed by atoms with van der Waals surface area (Å²) in [6.07, 6.45) is 1.88. The van der Waals surface area contributed by atoms with Crippen LogP contribution in [-0.2, 0) is 0 Å². The van der Waals surface area contributed by atoms with Crippen LogP contribution in [0.25, 0.3) is 0 Å². The molecule has 0 radical (unpaired) electrons. The number of hydrogen-bond donors (Lipinski definition) is 2. The average molecular weight is 194 g/mol. The topological polar surface area (TPSA) is 61.3 Å². The largest absolute Gasteiger partial charge is 0.492 e. The van der Waals surface area contributed by atoms with E-state index in [0.29, 0.717) is 13.2 Å². The highest BCUT2D eigenvalue weighted by atomic mass is 16.5. The first-order valence-corrected chi connectivity index (χ1v) is 4.96. The van der Waals surface area contributed by atoms with Gasteiger partial charge in [0.1, 0.15) is 12.4 Å². The Balaban J connectivity index is 2.20. The molecule has 1 atom stereocenters.